The minimum Gasteiger partial charge on any atom is -0.356 e. The van der Waals surface area contributed by atoms with Crippen LogP contribution in [0.5, 0.6) is 0 Å². The second kappa shape index (κ2) is 3.64. The van der Waals surface area contributed by atoms with Crippen LogP contribution in [0.4, 0.5) is 0 Å². The minimum absolute atomic E-state index is 0.318. The van der Waals surface area contributed by atoms with Crippen LogP contribution in [0.1, 0.15) is 18.7 Å². The van der Waals surface area contributed by atoms with E-state index in [4.69, 9.17) is 11.6 Å². The van der Waals surface area contributed by atoms with Gasteiger partial charge in [-0.05, 0) is 26.1 Å². The van der Waals surface area contributed by atoms with E-state index in [9.17, 15) is 0 Å². The van der Waals surface area contributed by atoms with Gasteiger partial charge in [0.05, 0.1) is 10.5 Å². The number of aromatic nitrogens is 1. The third kappa shape index (κ3) is 1.51. The van der Waals surface area contributed by atoms with Crippen LogP contribution in [0.2, 0.25) is 5.02 Å². The van der Waals surface area contributed by atoms with E-state index in [0.717, 1.165) is 21.6 Å². The van der Waals surface area contributed by atoms with Gasteiger partial charge in [-0.1, -0.05) is 23.7 Å². The topological polar surface area (TPSA) is 27.8 Å². The first kappa shape index (κ1) is 9.56. The molecular formula is C11H13ClN2. The lowest BCUT2D eigenvalue weighted by molar-refractivity contribution is 0.638. The fraction of sp³-hybridized carbons (Fsp3) is 0.273. The van der Waals surface area contributed by atoms with E-state index in [1.807, 2.05) is 19.2 Å². The SMILES string of the molecule is CNC(C)c1cc2cccc(Cl)c2[nH]1. The molecule has 0 aliphatic heterocycles. The van der Waals surface area contributed by atoms with E-state index in [-0.39, 0.29) is 0 Å². The number of hydrogen-bond donors (Lipinski definition) is 2. The first-order valence-electron chi connectivity index (χ1n) is 4.67. The highest BCUT2D eigenvalue weighted by molar-refractivity contribution is 6.35. The van der Waals surface area contributed by atoms with Crippen molar-refractivity contribution in [3.8, 4) is 0 Å². The van der Waals surface area contributed by atoms with Gasteiger partial charge in [0, 0.05) is 17.1 Å². The molecule has 2 nitrogen and oxygen atoms in total. The van der Waals surface area contributed by atoms with Gasteiger partial charge >= 0.3 is 0 Å². The molecule has 3 heteroatoms. The molecule has 14 heavy (non-hydrogen) atoms. The summed E-state index contributed by atoms with van der Waals surface area (Å²) >= 11 is 6.07. The Morgan fingerprint density at radius 1 is 1.43 bits per heavy atom. The molecule has 0 saturated heterocycles. The molecule has 2 aromatic rings. The van der Waals surface area contributed by atoms with Crippen LogP contribution in [-0.4, -0.2) is 12.0 Å². The van der Waals surface area contributed by atoms with E-state index in [2.05, 4.69) is 29.4 Å². The molecule has 0 saturated carbocycles. The predicted molar refractivity (Wildman–Crippen MR) is 60.8 cm³/mol. The van der Waals surface area contributed by atoms with Crippen LogP contribution in [0.15, 0.2) is 24.3 Å². The summed E-state index contributed by atoms with van der Waals surface area (Å²) in [5.74, 6) is 0. The molecule has 0 spiro atoms. The molecule has 1 aromatic heterocycles. The van der Waals surface area contributed by atoms with Crippen LogP contribution in [0.3, 0.4) is 0 Å². The van der Waals surface area contributed by atoms with Crippen molar-refractivity contribution in [3.63, 3.8) is 0 Å². The van der Waals surface area contributed by atoms with Gasteiger partial charge in [-0.2, -0.15) is 0 Å². The Hall–Kier alpha value is -0.990. The maximum atomic E-state index is 6.07. The van der Waals surface area contributed by atoms with Gasteiger partial charge < -0.3 is 10.3 Å². The molecule has 1 atom stereocenters. The number of para-hydroxylation sites is 1. The lowest BCUT2D eigenvalue weighted by Crippen LogP contribution is -2.12. The van der Waals surface area contributed by atoms with Gasteiger partial charge in [0.15, 0.2) is 0 Å². The van der Waals surface area contributed by atoms with Gasteiger partial charge in [-0.3, -0.25) is 0 Å². The third-order valence-electron chi connectivity index (χ3n) is 2.53. The van der Waals surface area contributed by atoms with Crippen molar-refractivity contribution in [1.29, 1.82) is 0 Å². The van der Waals surface area contributed by atoms with Crippen molar-refractivity contribution in [2.24, 2.45) is 0 Å². The number of rotatable bonds is 2. The van der Waals surface area contributed by atoms with Crippen LogP contribution >= 0.6 is 11.6 Å². The Labute approximate surface area is 88.3 Å². The average Bonchev–Trinajstić information content (AvgIpc) is 2.62. The molecular weight excluding hydrogens is 196 g/mol. The Bertz CT molecular complexity index is 447. The van der Waals surface area contributed by atoms with Crippen molar-refractivity contribution in [3.05, 3.63) is 35.0 Å². The quantitative estimate of drug-likeness (QED) is 0.780. The first-order chi connectivity index (χ1) is 6.72. The number of hydrogen-bond acceptors (Lipinski definition) is 1. The predicted octanol–water partition coefficient (Wildman–Crippen LogP) is 3.10. The van der Waals surface area contributed by atoms with Gasteiger partial charge in [0.1, 0.15) is 0 Å². The standard InChI is InChI=1S/C11H13ClN2/c1-7(13-2)10-6-8-4-3-5-9(12)11(8)14-10/h3-7,13-14H,1-2H3. The average molecular weight is 209 g/mol. The summed E-state index contributed by atoms with van der Waals surface area (Å²) in [6, 6.07) is 8.37. The van der Waals surface area contributed by atoms with Crippen LogP contribution in [0, 0.1) is 0 Å². The molecule has 0 radical (unpaired) electrons. The van der Waals surface area contributed by atoms with Crippen LogP contribution in [0.25, 0.3) is 10.9 Å². The third-order valence-corrected chi connectivity index (χ3v) is 2.84. The number of halogens is 1. The second-order valence-electron chi connectivity index (χ2n) is 3.44. The lowest BCUT2D eigenvalue weighted by atomic mass is 10.2. The summed E-state index contributed by atoms with van der Waals surface area (Å²) in [4.78, 5) is 3.32. The largest absolute Gasteiger partial charge is 0.356 e. The van der Waals surface area contributed by atoms with E-state index < -0.39 is 0 Å². The van der Waals surface area contributed by atoms with Gasteiger partial charge in [0.2, 0.25) is 0 Å². The molecule has 0 aliphatic rings. The van der Waals surface area contributed by atoms with Gasteiger partial charge in [-0.25, -0.2) is 0 Å². The molecule has 0 aliphatic carbocycles. The lowest BCUT2D eigenvalue weighted by Gasteiger charge is -2.06. The Kier molecular flexibility index (Phi) is 2.48. The van der Waals surface area contributed by atoms with Gasteiger partial charge in [0.25, 0.3) is 0 Å². The fourth-order valence-electron chi connectivity index (χ4n) is 1.53. The van der Waals surface area contributed by atoms with Crippen molar-refractivity contribution in [2.45, 2.75) is 13.0 Å². The zero-order valence-corrected chi connectivity index (χ0v) is 9.02. The van der Waals surface area contributed by atoms with Crippen molar-refractivity contribution < 1.29 is 0 Å². The molecule has 74 valence electrons. The maximum absolute atomic E-state index is 6.07. The molecule has 2 rings (SSSR count). The van der Waals surface area contributed by atoms with Crippen molar-refractivity contribution >= 4 is 22.5 Å². The van der Waals surface area contributed by atoms with E-state index in [0.29, 0.717) is 6.04 Å². The van der Waals surface area contributed by atoms with Crippen LogP contribution in [-0.2, 0) is 0 Å². The number of nitrogens with one attached hydrogen (secondary N) is 2. The zero-order chi connectivity index (χ0) is 10.1. The molecule has 2 N–H and O–H groups in total. The maximum Gasteiger partial charge on any atom is 0.0647 e. The highest BCUT2D eigenvalue weighted by atomic mass is 35.5. The molecule has 0 bridgehead atoms. The first-order valence-corrected chi connectivity index (χ1v) is 5.04. The Morgan fingerprint density at radius 3 is 2.86 bits per heavy atom. The number of aromatic amines is 1. The summed E-state index contributed by atoms with van der Waals surface area (Å²) < 4.78 is 0. The Morgan fingerprint density at radius 2 is 2.21 bits per heavy atom. The molecule has 1 aromatic carbocycles. The molecule has 0 amide bonds. The number of benzene rings is 1. The zero-order valence-electron chi connectivity index (χ0n) is 8.26. The molecule has 0 fully saturated rings. The molecule has 1 heterocycles. The van der Waals surface area contributed by atoms with E-state index in [1.54, 1.807) is 0 Å². The fourth-order valence-corrected chi connectivity index (χ4v) is 1.76. The van der Waals surface area contributed by atoms with E-state index >= 15 is 0 Å². The van der Waals surface area contributed by atoms with Crippen molar-refractivity contribution in [2.75, 3.05) is 7.05 Å². The summed E-state index contributed by atoms with van der Waals surface area (Å²) in [5.41, 5.74) is 2.18. The second-order valence-corrected chi connectivity index (χ2v) is 3.85. The highest BCUT2D eigenvalue weighted by Crippen LogP contribution is 2.25. The molecule has 1 unspecified atom stereocenters. The normalized spacial score (nSPS) is 13.4. The van der Waals surface area contributed by atoms with E-state index in [1.165, 1.54) is 0 Å². The summed E-state index contributed by atoms with van der Waals surface area (Å²) in [6.07, 6.45) is 0. The van der Waals surface area contributed by atoms with Gasteiger partial charge in [-0.15, -0.1) is 0 Å². The monoisotopic (exact) mass is 208 g/mol. The summed E-state index contributed by atoms with van der Waals surface area (Å²) in [6.45, 7) is 2.11. The summed E-state index contributed by atoms with van der Waals surface area (Å²) in [5, 5.41) is 5.12. The smallest absolute Gasteiger partial charge is 0.0647 e. The number of H-pyrrole nitrogens is 1. The summed E-state index contributed by atoms with van der Waals surface area (Å²) in [7, 11) is 1.94. The highest BCUT2D eigenvalue weighted by Gasteiger charge is 2.07. The number of fused-ring (bicyclic) bond motifs is 1. The Balaban J connectivity index is 2.56. The minimum atomic E-state index is 0.318. The van der Waals surface area contributed by atoms with Crippen molar-refractivity contribution in [1.82, 2.24) is 10.3 Å². The van der Waals surface area contributed by atoms with Crippen LogP contribution < -0.4 is 5.32 Å².